The van der Waals surface area contributed by atoms with Crippen LogP contribution in [0.5, 0.6) is 0 Å². The number of allylic oxidation sites excluding steroid dienone is 1. The molecule has 23 heavy (non-hydrogen) atoms. The fourth-order valence-electron chi connectivity index (χ4n) is 2.79. The Morgan fingerprint density at radius 1 is 1.26 bits per heavy atom. The van der Waals surface area contributed by atoms with Crippen molar-refractivity contribution >= 4 is 29.0 Å². The van der Waals surface area contributed by atoms with Gasteiger partial charge in [-0.2, -0.15) is 0 Å². The van der Waals surface area contributed by atoms with Gasteiger partial charge in [-0.1, -0.05) is 12.1 Å². The zero-order valence-corrected chi connectivity index (χ0v) is 14.8. The van der Waals surface area contributed by atoms with E-state index in [1.165, 1.54) is 7.11 Å². The Morgan fingerprint density at radius 3 is 2.39 bits per heavy atom. The number of hydrogen-bond acceptors (Lipinski definition) is 4. The Hall–Kier alpha value is -2.08. The number of nitrogens with zero attached hydrogens (tertiary/aromatic N) is 1. The van der Waals surface area contributed by atoms with E-state index in [0.29, 0.717) is 10.7 Å². The monoisotopic (exact) mass is 333 g/mol. The summed E-state index contributed by atoms with van der Waals surface area (Å²) < 4.78 is 4.92. The van der Waals surface area contributed by atoms with E-state index in [0.717, 1.165) is 30.0 Å². The summed E-state index contributed by atoms with van der Waals surface area (Å²) >= 11 is 5.22. The molecule has 1 aromatic carbocycles. The van der Waals surface area contributed by atoms with E-state index >= 15 is 0 Å². The average Bonchev–Trinajstić information content (AvgIpc) is 2.55. The van der Waals surface area contributed by atoms with Gasteiger partial charge in [0.05, 0.1) is 18.7 Å². The topological polar surface area (TPSA) is 53.6 Å². The molecule has 0 aromatic heterocycles. The van der Waals surface area contributed by atoms with E-state index in [1.54, 1.807) is 0 Å². The number of carbonyl (C=O) groups is 1. The van der Waals surface area contributed by atoms with Gasteiger partial charge >= 0.3 is 5.97 Å². The molecule has 0 fully saturated rings. The molecule has 2 N–H and O–H groups in total. The second kappa shape index (κ2) is 7.46. The summed E-state index contributed by atoms with van der Waals surface area (Å²) in [5.41, 5.74) is 3.41. The molecule has 1 aliphatic rings. The third-order valence-electron chi connectivity index (χ3n) is 4.03. The third-order valence-corrected chi connectivity index (χ3v) is 4.25. The van der Waals surface area contributed by atoms with Gasteiger partial charge in [0.1, 0.15) is 0 Å². The molecule has 5 nitrogen and oxygen atoms in total. The SMILES string of the molecule is CCN(CC)c1ccc(C2NC(=S)NC(C)=C2C(=O)OC)cc1. The van der Waals surface area contributed by atoms with Gasteiger partial charge in [0, 0.05) is 24.5 Å². The smallest absolute Gasteiger partial charge is 0.337 e. The minimum atomic E-state index is -0.359. The van der Waals surface area contributed by atoms with Crippen molar-refractivity contribution in [3.05, 3.63) is 41.1 Å². The summed E-state index contributed by atoms with van der Waals surface area (Å²) in [6.07, 6.45) is 0. The normalized spacial score (nSPS) is 17.4. The lowest BCUT2D eigenvalue weighted by Crippen LogP contribution is -2.45. The van der Waals surface area contributed by atoms with Crippen LogP contribution in [0.25, 0.3) is 0 Å². The van der Waals surface area contributed by atoms with Crippen molar-refractivity contribution in [3.8, 4) is 0 Å². The van der Waals surface area contributed by atoms with Crippen molar-refractivity contribution in [2.24, 2.45) is 0 Å². The molecule has 0 saturated heterocycles. The van der Waals surface area contributed by atoms with Crippen LogP contribution in [0.3, 0.4) is 0 Å². The number of nitrogens with one attached hydrogen (secondary N) is 2. The van der Waals surface area contributed by atoms with Gasteiger partial charge in [-0.15, -0.1) is 0 Å². The maximum absolute atomic E-state index is 12.1. The van der Waals surface area contributed by atoms with Crippen LogP contribution in [-0.4, -0.2) is 31.3 Å². The highest BCUT2D eigenvalue weighted by molar-refractivity contribution is 7.80. The van der Waals surface area contributed by atoms with Gasteiger partial charge in [-0.3, -0.25) is 0 Å². The van der Waals surface area contributed by atoms with Crippen LogP contribution < -0.4 is 15.5 Å². The van der Waals surface area contributed by atoms with Gasteiger partial charge in [-0.05, 0) is 50.7 Å². The molecule has 1 heterocycles. The van der Waals surface area contributed by atoms with E-state index < -0.39 is 0 Å². The van der Waals surface area contributed by atoms with Crippen LogP contribution in [0.1, 0.15) is 32.4 Å². The summed E-state index contributed by atoms with van der Waals surface area (Å²) in [5.74, 6) is -0.359. The fourth-order valence-corrected chi connectivity index (χ4v) is 3.06. The highest BCUT2D eigenvalue weighted by atomic mass is 32.1. The molecule has 0 aliphatic carbocycles. The Kier molecular flexibility index (Phi) is 5.60. The van der Waals surface area contributed by atoms with Crippen LogP contribution in [0, 0.1) is 0 Å². The number of esters is 1. The molecular formula is C17H23N3O2S. The summed E-state index contributed by atoms with van der Waals surface area (Å²) in [6.45, 7) is 8.00. The molecule has 1 atom stereocenters. The minimum absolute atomic E-state index is 0.304. The largest absolute Gasteiger partial charge is 0.466 e. The van der Waals surface area contributed by atoms with Gasteiger partial charge in [0.15, 0.2) is 5.11 Å². The molecule has 1 aromatic rings. The van der Waals surface area contributed by atoms with E-state index in [2.05, 4.69) is 41.5 Å². The Morgan fingerprint density at radius 2 is 1.87 bits per heavy atom. The number of anilines is 1. The Balaban J connectivity index is 2.36. The van der Waals surface area contributed by atoms with E-state index in [-0.39, 0.29) is 12.0 Å². The quantitative estimate of drug-likeness (QED) is 0.638. The predicted molar refractivity (Wildman–Crippen MR) is 96.3 cm³/mol. The highest BCUT2D eigenvalue weighted by Gasteiger charge is 2.30. The van der Waals surface area contributed by atoms with Crippen LogP contribution in [0.2, 0.25) is 0 Å². The molecule has 0 bridgehead atoms. The Bertz CT molecular complexity index is 621. The van der Waals surface area contributed by atoms with Gasteiger partial charge in [-0.25, -0.2) is 4.79 Å². The summed E-state index contributed by atoms with van der Waals surface area (Å²) in [7, 11) is 1.38. The van der Waals surface area contributed by atoms with Crippen LogP contribution >= 0.6 is 12.2 Å². The maximum atomic E-state index is 12.1. The molecule has 0 radical (unpaired) electrons. The highest BCUT2D eigenvalue weighted by Crippen LogP contribution is 2.29. The molecular weight excluding hydrogens is 310 g/mol. The minimum Gasteiger partial charge on any atom is -0.466 e. The molecule has 124 valence electrons. The third kappa shape index (κ3) is 3.64. The van der Waals surface area contributed by atoms with E-state index in [1.807, 2.05) is 19.1 Å². The van der Waals surface area contributed by atoms with Crippen molar-refractivity contribution in [1.29, 1.82) is 0 Å². The van der Waals surface area contributed by atoms with E-state index in [9.17, 15) is 4.79 Å². The van der Waals surface area contributed by atoms with Gasteiger partial charge in [0.25, 0.3) is 0 Å². The number of methoxy groups -OCH3 is 1. The maximum Gasteiger partial charge on any atom is 0.337 e. The molecule has 1 unspecified atom stereocenters. The zero-order valence-electron chi connectivity index (χ0n) is 14.0. The molecule has 0 amide bonds. The first kappa shape index (κ1) is 17.3. The van der Waals surface area contributed by atoms with Crippen LogP contribution in [0.15, 0.2) is 35.5 Å². The first-order valence-electron chi connectivity index (χ1n) is 7.73. The summed E-state index contributed by atoms with van der Waals surface area (Å²) in [4.78, 5) is 14.4. The molecule has 0 spiro atoms. The number of hydrogen-bond donors (Lipinski definition) is 2. The van der Waals surface area contributed by atoms with E-state index in [4.69, 9.17) is 17.0 Å². The van der Waals surface area contributed by atoms with Gasteiger partial charge in [0.2, 0.25) is 0 Å². The molecule has 1 aliphatic heterocycles. The first-order chi connectivity index (χ1) is 11.0. The summed E-state index contributed by atoms with van der Waals surface area (Å²) in [6, 6.07) is 7.88. The van der Waals surface area contributed by atoms with Crippen molar-refractivity contribution in [2.75, 3.05) is 25.1 Å². The number of thiocarbonyl (C=S) groups is 1. The summed E-state index contributed by atoms with van der Waals surface area (Å²) in [5, 5.41) is 6.64. The number of carbonyl (C=O) groups excluding carboxylic acids is 1. The lowest BCUT2D eigenvalue weighted by Gasteiger charge is -2.30. The average molecular weight is 333 g/mol. The number of ether oxygens (including phenoxy) is 1. The predicted octanol–water partition coefficient (Wildman–Crippen LogP) is 2.50. The molecule has 6 heteroatoms. The standard InChI is InChI=1S/C17H23N3O2S/c1-5-20(6-2)13-9-7-12(8-10-13)15-14(16(21)22-4)11(3)18-17(23)19-15/h7-10,15H,5-6H2,1-4H3,(H2,18,19,23). The zero-order chi connectivity index (χ0) is 17.0. The second-order valence-electron chi connectivity index (χ2n) is 5.33. The molecule has 0 saturated carbocycles. The fraction of sp³-hybridized carbons (Fsp3) is 0.412. The van der Waals surface area contributed by atoms with Crippen molar-refractivity contribution in [3.63, 3.8) is 0 Å². The number of benzene rings is 1. The van der Waals surface area contributed by atoms with Gasteiger partial charge < -0.3 is 20.3 Å². The van der Waals surface area contributed by atoms with Crippen molar-refractivity contribution < 1.29 is 9.53 Å². The van der Waals surface area contributed by atoms with Crippen LogP contribution in [0.4, 0.5) is 5.69 Å². The van der Waals surface area contributed by atoms with Crippen molar-refractivity contribution in [2.45, 2.75) is 26.8 Å². The lowest BCUT2D eigenvalue weighted by atomic mass is 9.95. The first-order valence-corrected chi connectivity index (χ1v) is 8.14. The second-order valence-corrected chi connectivity index (χ2v) is 5.73. The Labute approximate surface area is 142 Å². The van der Waals surface area contributed by atoms with Crippen molar-refractivity contribution in [1.82, 2.24) is 10.6 Å². The number of rotatable bonds is 5. The van der Waals surface area contributed by atoms with Crippen LogP contribution in [-0.2, 0) is 9.53 Å². The molecule has 2 rings (SSSR count). The lowest BCUT2D eigenvalue weighted by molar-refractivity contribution is -0.136.